The van der Waals surface area contributed by atoms with Crippen LogP contribution < -0.4 is 10.1 Å². The molecule has 0 radical (unpaired) electrons. The minimum atomic E-state index is 0. The topological polar surface area (TPSA) is 79.3 Å². The Morgan fingerprint density at radius 1 is 1.08 bits per heavy atom. The molecule has 8 nitrogen and oxygen atoms in total. The third kappa shape index (κ3) is 5.55. The number of benzene rings is 1. The highest BCUT2D eigenvalue weighted by molar-refractivity contribution is 5.72. The average Bonchev–Trinajstić information content (AvgIpc) is 2.94. The number of allylic oxidation sites excluding steroid dienone is 3. The molecule has 200 valence electrons. The van der Waals surface area contributed by atoms with Crippen molar-refractivity contribution in [1.82, 2.24) is 30.0 Å². The lowest BCUT2D eigenvalue weighted by molar-refractivity contribution is 0.172. The van der Waals surface area contributed by atoms with Gasteiger partial charge in [-0.2, -0.15) is 15.2 Å². The van der Waals surface area contributed by atoms with E-state index in [1.807, 2.05) is 43.5 Å². The van der Waals surface area contributed by atoms with Crippen LogP contribution in [0.15, 0.2) is 66.3 Å². The molecule has 1 aliphatic carbocycles. The van der Waals surface area contributed by atoms with E-state index in [0.717, 1.165) is 53.2 Å². The summed E-state index contributed by atoms with van der Waals surface area (Å²) < 4.78 is 5.68. The van der Waals surface area contributed by atoms with Gasteiger partial charge in [0.2, 0.25) is 11.8 Å². The van der Waals surface area contributed by atoms with Crippen molar-refractivity contribution < 1.29 is 6.16 Å². The summed E-state index contributed by atoms with van der Waals surface area (Å²) in [4.78, 5) is 14.2. The number of ether oxygens (including phenoxy) is 1. The molecule has 38 heavy (non-hydrogen) atoms. The predicted octanol–water partition coefficient (Wildman–Crippen LogP) is 5.41. The van der Waals surface area contributed by atoms with E-state index in [9.17, 15) is 0 Å². The van der Waals surface area contributed by atoms with E-state index >= 15 is 0 Å². The Morgan fingerprint density at radius 3 is 2.50 bits per heavy atom. The lowest BCUT2D eigenvalue weighted by Gasteiger charge is -2.38. The first-order valence-electron chi connectivity index (χ1n) is 13.3. The molecule has 3 aromatic rings. The van der Waals surface area contributed by atoms with Crippen LogP contribution in [0.4, 0.5) is 5.95 Å². The van der Waals surface area contributed by atoms with E-state index in [4.69, 9.17) is 9.72 Å². The number of nitrogens with one attached hydrogen (secondary N) is 1. The smallest absolute Gasteiger partial charge is 0.230 e. The van der Waals surface area contributed by atoms with Crippen LogP contribution >= 0.6 is 0 Å². The molecule has 2 aliphatic rings. The zero-order chi connectivity index (χ0) is 26.6. The van der Waals surface area contributed by atoms with Crippen LogP contribution in [0.2, 0.25) is 0 Å². The van der Waals surface area contributed by atoms with Crippen LogP contribution in [0.3, 0.4) is 0 Å². The van der Waals surface area contributed by atoms with Crippen molar-refractivity contribution >= 4 is 5.95 Å². The van der Waals surface area contributed by atoms with Crippen LogP contribution in [0.1, 0.15) is 33.2 Å². The Balaban J connectivity index is 0.00000353. The number of rotatable bonds is 7. The zero-order valence-electron chi connectivity index (χ0n) is 23.0. The zero-order valence-corrected chi connectivity index (χ0v) is 23.0. The van der Waals surface area contributed by atoms with Gasteiger partial charge >= 0.3 is 0 Å². The maximum atomic E-state index is 5.68. The van der Waals surface area contributed by atoms with E-state index in [2.05, 4.69) is 63.5 Å². The number of methoxy groups -OCH3 is 1. The second kappa shape index (κ2) is 11.3. The molecule has 1 aromatic carbocycles. The van der Waals surface area contributed by atoms with Crippen LogP contribution in [0.5, 0.6) is 5.88 Å². The molecule has 0 saturated carbocycles. The Kier molecular flexibility index (Phi) is 7.69. The van der Waals surface area contributed by atoms with Gasteiger partial charge in [-0.25, -0.2) is 4.98 Å². The maximum Gasteiger partial charge on any atom is 0.230 e. The van der Waals surface area contributed by atoms with Gasteiger partial charge in [-0.3, -0.25) is 0 Å². The Labute approximate surface area is 227 Å². The quantitative estimate of drug-likeness (QED) is 0.449. The summed E-state index contributed by atoms with van der Waals surface area (Å²) in [6.07, 6.45) is 11.5. The van der Waals surface area contributed by atoms with Crippen LogP contribution in [0.25, 0.3) is 22.4 Å². The van der Waals surface area contributed by atoms with Gasteiger partial charge in [0.05, 0.1) is 18.4 Å². The number of anilines is 1. The standard InChI is InChI=1S/C30H37N7O.H2/c1-20-6-11-25(37-16-13-24(14-17-37)36(3)4)18-27(20)33-30-31-19-26(29(34-30)38-5)22-7-9-23(10-8-22)28-21(2)12-15-32-35-28;/h7-12,15,18-20,24H,6,13-14,16-17H2,1-5H3,(H,31,33,34);1H. The number of piperidine rings is 1. The molecular formula is C30H39N7O. The molecule has 0 spiro atoms. The molecule has 1 saturated heterocycles. The summed E-state index contributed by atoms with van der Waals surface area (Å²) >= 11 is 0. The number of nitrogens with zero attached hydrogens (tertiary/aromatic N) is 6. The van der Waals surface area contributed by atoms with Gasteiger partial charge in [0, 0.05) is 49.9 Å². The summed E-state index contributed by atoms with van der Waals surface area (Å²) in [6, 6.07) is 10.8. The lowest BCUT2D eigenvalue weighted by Crippen LogP contribution is -2.41. The SMILES string of the molecule is COc1nc(NC2=CC(N3CCC(N(C)C)CC3)=CCC2C)ncc1-c1ccc(-c2nnccc2C)cc1.[HH]. The van der Waals surface area contributed by atoms with Gasteiger partial charge in [0.15, 0.2) is 0 Å². The van der Waals surface area contributed by atoms with Crippen molar-refractivity contribution in [3.8, 4) is 28.3 Å². The number of aromatic nitrogens is 4. The Hall–Kier alpha value is -3.78. The van der Waals surface area contributed by atoms with Crippen molar-refractivity contribution in [2.75, 3.05) is 39.6 Å². The first-order chi connectivity index (χ1) is 18.4. The monoisotopic (exact) mass is 513 g/mol. The minimum absolute atomic E-state index is 0. The highest BCUT2D eigenvalue weighted by atomic mass is 16.5. The highest BCUT2D eigenvalue weighted by Gasteiger charge is 2.24. The molecule has 1 aliphatic heterocycles. The summed E-state index contributed by atoms with van der Waals surface area (Å²) in [7, 11) is 6.01. The first kappa shape index (κ1) is 25.9. The average molecular weight is 514 g/mol. The van der Waals surface area contributed by atoms with E-state index in [1.165, 1.54) is 18.5 Å². The van der Waals surface area contributed by atoms with E-state index in [1.54, 1.807) is 13.3 Å². The van der Waals surface area contributed by atoms with Crippen molar-refractivity contribution in [1.29, 1.82) is 0 Å². The molecule has 0 bridgehead atoms. The van der Waals surface area contributed by atoms with Gasteiger partial charge in [-0.1, -0.05) is 37.3 Å². The second-order valence-electron chi connectivity index (χ2n) is 10.4. The molecule has 0 amide bonds. The summed E-state index contributed by atoms with van der Waals surface area (Å²) in [5.41, 5.74) is 7.25. The molecule has 1 N–H and O–H groups in total. The number of hydrogen-bond donors (Lipinski definition) is 1. The molecule has 1 unspecified atom stereocenters. The Bertz CT molecular complexity index is 1330. The minimum Gasteiger partial charge on any atom is -0.480 e. The number of aryl methyl sites for hydroxylation is 1. The highest BCUT2D eigenvalue weighted by Crippen LogP contribution is 2.32. The third-order valence-corrected chi connectivity index (χ3v) is 7.67. The summed E-state index contributed by atoms with van der Waals surface area (Å²) in [5, 5.41) is 11.8. The largest absolute Gasteiger partial charge is 0.480 e. The van der Waals surface area contributed by atoms with Crippen LogP contribution in [-0.2, 0) is 0 Å². The molecule has 1 atom stereocenters. The molecule has 8 heteroatoms. The van der Waals surface area contributed by atoms with Crippen LogP contribution in [-0.4, -0.2) is 70.3 Å². The maximum absolute atomic E-state index is 5.68. The predicted molar refractivity (Wildman–Crippen MR) is 154 cm³/mol. The van der Waals surface area contributed by atoms with Gasteiger partial charge < -0.3 is 19.9 Å². The van der Waals surface area contributed by atoms with Gasteiger partial charge in [-0.05, 0) is 69.5 Å². The summed E-state index contributed by atoms with van der Waals surface area (Å²) in [5.74, 6) is 1.45. The molecule has 3 heterocycles. The second-order valence-corrected chi connectivity index (χ2v) is 10.4. The third-order valence-electron chi connectivity index (χ3n) is 7.67. The van der Waals surface area contributed by atoms with Crippen molar-refractivity contribution in [3.05, 3.63) is 71.8 Å². The normalized spacial score (nSPS) is 18.3. The number of hydrogen-bond acceptors (Lipinski definition) is 8. The fourth-order valence-electron chi connectivity index (χ4n) is 5.20. The van der Waals surface area contributed by atoms with Crippen molar-refractivity contribution in [2.24, 2.45) is 5.92 Å². The van der Waals surface area contributed by atoms with Gasteiger partial charge in [-0.15, -0.1) is 0 Å². The van der Waals surface area contributed by atoms with Crippen molar-refractivity contribution in [3.63, 3.8) is 0 Å². The molecular weight excluding hydrogens is 474 g/mol. The van der Waals surface area contributed by atoms with Crippen LogP contribution in [0, 0.1) is 12.8 Å². The fourth-order valence-corrected chi connectivity index (χ4v) is 5.20. The van der Waals surface area contributed by atoms with Crippen molar-refractivity contribution in [2.45, 2.75) is 39.2 Å². The summed E-state index contributed by atoms with van der Waals surface area (Å²) in [6.45, 7) is 6.44. The van der Waals surface area contributed by atoms with E-state index < -0.39 is 0 Å². The fraction of sp³-hybridized carbons (Fsp3) is 0.400. The lowest BCUT2D eigenvalue weighted by atomic mass is 9.95. The first-order valence-corrected chi connectivity index (χ1v) is 13.3. The van der Waals surface area contributed by atoms with Gasteiger partial charge in [0.1, 0.15) is 0 Å². The molecule has 2 aromatic heterocycles. The van der Waals surface area contributed by atoms with E-state index in [0.29, 0.717) is 23.8 Å². The molecule has 1 fully saturated rings. The molecule has 5 rings (SSSR count). The number of likely N-dealkylation sites (tertiary alicyclic amines) is 1. The Morgan fingerprint density at radius 2 is 1.82 bits per heavy atom. The van der Waals surface area contributed by atoms with Gasteiger partial charge in [0.25, 0.3) is 0 Å². The van der Waals surface area contributed by atoms with E-state index in [-0.39, 0.29) is 1.43 Å².